The van der Waals surface area contributed by atoms with E-state index in [1.54, 1.807) is 6.20 Å². The van der Waals surface area contributed by atoms with Crippen molar-refractivity contribution < 1.29 is 5.11 Å². The quantitative estimate of drug-likeness (QED) is 0.843. The number of pyridine rings is 1. The average molecular weight is 216 g/mol. The van der Waals surface area contributed by atoms with Gasteiger partial charge in [-0.2, -0.15) is 0 Å². The first-order chi connectivity index (χ1) is 7.74. The van der Waals surface area contributed by atoms with Gasteiger partial charge in [0.25, 0.3) is 0 Å². The molecule has 84 valence electrons. The molecule has 1 unspecified atom stereocenters. The Morgan fingerprint density at radius 1 is 1.50 bits per heavy atom. The zero-order valence-corrected chi connectivity index (χ0v) is 9.64. The van der Waals surface area contributed by atoms with E-state index in [0.717, 1.165) is 17.7 Å². The van der Waals surface area contributed by atoms with E-state index >= 15 is 0 Å². The first-order valence-electron chi connectivity index (χ1n) is 5.50. The smallest absolute Gasteiger partial charge is 0.0855 e. The number of allylic oxidation sites excluding steroid dienone is 1. The van der Waals surface area contributed by atoms with Crippen LogP contribution in [0.1, 0.15) is 36.1 Å². The Bertz CT molecular complexity index is 449. The fraction of sp³-hybridized carbons (Fsp3) is 0.385. The minimum absolute atomic E-state index is 0.00193. The minimum atomic E-state index is 0.00193. The number of rotatable bonds is 3. The van der Waals surface area contributed by atoms with E-state index in [0.29, 0.717) is 5.92 Å². The van der Waals surface area contributed by atoms with Crippen LogP contribution in [-0.2, 0) is 6.61 Å². The van der Waals surface area contributed by atoms with Crippen LogP contribution < -0.4 is 0 Å². The number of hydrogen-bond acceptors (Lipinski definition) is 3. The molecular formula is C13H16N2O. The van der Waals surface area contributed by atoms with Crippen LogP contribution in [-0.4, -0.2) is 16.3 Å². The van der Waals surface area contributed by atoms with Crippen LogP contribution in [0.5, 0.6) is 0 Å². The third kappa shape index (κ3) is 1.91. The minimum Gasteiger partial charge on any atom is -0.390 e. The molecule has 1 aromatic rings. The van der Waals surface area contributed by atoms with Crippen molar-refractivity contribution in [2.24, 2.45) is 4.99 Å². The number of nitrogens with zero attached hydrogens (tertiary/aromatic N) is 2. The van der Waals surface area contributed by atoms with Crippen LogP contribution in [0.15, 0.2) is 29.0 Å². The van der Waals surface area contributed by atoms with Crippen molar-refractivity contribution in [3.8, 4) is 0 Å². The summed E-state index contributed by atoms with van der Waals surface area (Å²) in [5, 5.41) is 9.19. The maximum absolute atomic E-state index is 9.19. The summed E-state index contributed by atoms with van der Waals surface area (Å²) in [5.41, 5.74) is 4.41. The van der Waals surface area contributed by atoms with E-state index in [4.69, 9.17) is 0 Å². The fourth-order valence-electron chi connectivity index (χ4n) is 2.07. The van der Waals surface area contributed by atoms with Crippen molar-refractivity contribution in [1.29, 1.82) is 0 Å². The highest BCUT2D eigenvalue weighted by Crippen LogP contribution is 2.30. The molecule has 0 saturated heterocycles. The molecule has 0 aliphatic carbocycles. The summed E-state index contributed by atoms with van der Waals surface area (Å²) in [6.45, 7) is 4.19. The topological polar surface area (TPSA) is 45.5 Å². The van der Waals surface area contributed by atoms with Crippen molar-refractivity contribution >= 4 is 6.21 Å². The molecule has 0 radical (unpaired) electrons. The summed E-state index contributed by atoms with van der Waals surface area (Å²) in [5.74, 6) is 0.343. The molecule has 3 heteroatoms. The summed E-state index contributed by atoms with van der Waals surface area (Å²) < 4.78 is 0. The number of hydrogen-bond donors (Lipinski definition) is 1. The van der Waals surface area contributed by atoms with Crippen LogP contribution in [0.2, 0.25) is 0 Å². The zero-order chi connectivity index (χ0) is 11.5. The molecule has 2 rings (SSSR count). The van der Waals surface area contributed by atoms with E-state index in [-0.39, 0.29) is 6.61 Å². The van der Waals surface area contributed by atoms with Crippen LogP contribution >= 0.6 is 0 Å². The Balaban J connectivity index is 2.33. The molecule has 0 fully saturated rings. The molecule has 0 amide bonds. The number of aromatic nitrogens is 1. The monoisotopic (exact) mass is 216 g/mol. The number of aliphatic hydroxyl groups excluding tert-OH is 1. The van der Waals surface area contributed by atoms with Gasteiger partial charge in [-0.05, 0) is 29.7 Å². The van der Waals surface area contributed by atoms with Gasteiger partial charge in [-0.1, -0.05) is 6.92 Å². The molecule has 0 saturated carbocycles. The molecule has 16 heavy (non-hydrogen) atoms. The third-order valence-electron chi connectivity index (χ3n) is 3.20. The van der Waals surface area contributed by atoms with Gasteiger partial charge < -0.3 is 5.11 Å². The van der Waals surface area contributed by atoms with Crippen LogP contribution in [0, 0.1) is 6.92 Å². The van der Waals surface area contributed by atoms with Crippen molar-refractivity contribution in [3.05, 3.63) is 40.9 Å². The summed E-state index contributed by atoms with van der Waals surface area (Å²) >= 11 is 0. The lowest BCUT2D eigenvalue weighted by Crippen LogP contribution is -2.04. The van der Waals surface area contributed by atoms with E-state index in [2.05, 4.69) is 16.9 Å². The largest absolute Gasteiger partial charge is 0.390 e. The van der Waals surface area contributed by atoms with E-state index in [9.17, 15) is 5.11 Å². The van der Waals surface area contributed by atoms with Gasteiger partial charge in [0.15, 0.2) is 0 Å². The molecule has 0 aromatic carbocycles. The van der Waals surface area contributed by atoms with Crippen molar-refractivity contribution in [2.45, 2.75) is 32.8 Å². The van der Waals surface area contributed by atoms with Gasteiger partial charge in [-0.25, -0.2) is 0 Å². The highest BCUT2D eigenvalue weighted by molar-refractivity contribution is 5.66. The highest BCUT2D eigenvalue weighted by Gasteiger charge is 2.16. The molecule has 1 N–H and O–H groups in total. The van der Waals surface area contributed by atoms with Crippen molar-refractivity contribution in [3.63, 3.8) is 0 Å². The second-order valence-corrected chi connectivity index (χ2v) is 4.09. The van der Waals surface area contributed by atoms with Gasteiger partial charge in [0, 0.05) is 31.0 Å². The summed E-state index contributed by atoms with van der Waals surface area (Å²) in [7, 11) is 0. The lowest BCUT2D eigenvalue weighted by atomic mass is 9.89. The summed E-state index contributed by atoms with van der Waals surface area (Å²) in [6, 6.07) is 2.03. The maximum Gasteiger partial charge on any atom is 0.0855 e. The fourth-order valence-corrected chi connectivity index (χ4v) is 2.07. The molecular weight excluding hydrogens is 200 g/mol. The van der Waals surface area contributed by atoms with Gasteiger partial charge in [-0.15, -0.1) is 0 Å². The van der Waals surface area contributed by atoms with Gasteiger partial charge >= 0.3 is 0 Å². The van der Waals surface area contributed by atoms with Gasteiger partial charge in [0.1, 0.15) is 0 Å². The molecule has 0 spiro atoms. The predicted molar refractivity (Wildman–Crippen MR) is 64.5 cm³/mol. The van der Waals surface area contributed by atoms with Crippen LogP contribution in [0.3, 0.4) is 0 Å². The Morgan fingerprint density at radius 2 is 2.31 bits per heavy atom. The van der Waals surface area contributed by atoms with Crippen LogP contribution in [0.25, 0.3) is 0 Å². The zero-order valence-electron chi connectivity index (χ0n) is 9.64. The van der Waals surface area contributed by atoms with Crippen molar-refractivity contribution in [2.75, 3.05) is 0 Å². The highest BCUT2D eigenvalue weighted by atomic mass is 16.3. The van der Waals surface area contributed by atoms with Gasteiger partial charge in [-0.3, -0.25) is 9.98 Å². The van der Waals surface area contributed by atoms with Gasteiger partial charge in [0.05, 0.1) is 12.3 Å². The average Bonchev–Trinajstić information content (AvgIpc) is 2.82. The van der Waals surface area contributed by atoms with Gasteiger partial charge in [0.2, 0.25) is 0 Å². The van der Waals surface area contributed by atoms with E-state index in [1.807, 2.05) is 25.4 Å². The molecule has 2 heterocycles. The first kappa shape index (κ1) is 11.0. The lowest BCUT2D eigenvalue weighted by Gasteiger charge is -2.16. The molecule has 1 atom stereocenters. The Kier molecular flexibility index (Phi) is 3.15. The van der Waals surface area contributed by atoms with Crippen LogP contribution in [0.4, 0.5) is 0 Å². The predicted octanol–water partition coefficient (Wildman–Crippen LogP) is 2.34. The van der Waals surface area contributed by atoms with Crippen molar-refractivity contribution in [1.82, 2.24) is 4.98 Å². The van der Waals surface area contributed by atoms with E-state index in [1.165, 1.54) is 11.1 Å². The third-order valence-corrected chi connectivity index (χ3v) is 3.20. The molecule has 1 aromatic heterocycles. The molecule has 0 bridgehead atoms. The second kappa shape index (κ2) is 4.58. The van der Waals surface area contributed by atoms with E-state index < -0.39 is 0 Å². The second-order valence-electron chi connectivity index (χ2n) is 4.09. The molecule has 1 aliphatic rings. The number of aliphatic hydroxyl groups is 1. The SMILES string of the molecule is Cc1c(C(C)C2=CN=CC2)ccnc1CO. The standard InChI is InChI=1S/C13H16N2O/c1-9(11-3-5-14-7-11)12-4-6-15-13(8-16)10(12)2/h4-7,9,16H,3,8H2,1-2H3. The molecule has 1 aliphatic heterocycles. The molecule has 3 nitrogen and oxygen atoms in total. The Morgan fingerprint density at radius 3 is 2.94 bits per heavy atom. The normalized spacial score (nSPS) is 16.3. The first-order valence-corrected chi connectivity index (χ1v) is 5.50. The lowest BCUT2D eigenvalue weighted by molar-refractivity contribution is 0.275. The summed E-state index contributed by atoms with van der Waals surface area (Å²) in [4.78, 5) is 8.30. The maximum atomic E-state index is 9.19. The Hall–Kier alpha value is -1.48. The summed E-state index contributed by atoms with van der Waals surface area (Å²) in [6.07, 6.45) is 6.55. The number of aliphatic imine (C=N–C) groups is 1. The Labute approximate surface area is 95.6 Å².